The minimum absolute atomic E-state index is 0.344. The highest BCUT2D eigenvalue weighted by atomic mass is 32.2. The van der Waals surface area contributed by atoms with Gasteiger partial charge in [0, 0.05) is 43.2 Å². The molecule has 0 spiro atoms. The fraction of sp³-hybridized carbons (Fsp3) is 0.765. The topological polar surface area (TPSA) is 73.5 Å². The Morgan fingerprint density at radius 3 is 2.48 bits per heavy atom. The van der Waals surface area contributed by atoms with Crippen LogP contribution in [0.5, 0.6) is 0 Å². The lowest BCUT2D eigenvalue weighted by atomic mass is 9.81. The van der Waals surface area contributed by atoms with E-state index in [4.69, 9.17) is 15.0 Å². The van der Waals surface area contributed by atoms with E-state index in [0.29, 0.717) is 5.92 Å². The molecular weight excluding hydrogens is 335 g/mol. The molecule has 0 bridgehead atoms. The molecule has 0 unspecified atom stereocenters. The Morgan fingerprint density at radius 2 is 1.88 bits per heavy atom. The van der Waals surface area contributed by atoms with Crippen LogP contribution in [0.2, 0.25) is 0 Å². The second-order valence-electron chi connectivity index (χ2n) is 7.94. The van der Waals surface area contributed by atoms with Crippen LogP contribution in [0.25, 0.3) is 0 Å². The van der Waals surface area contributed by atoms with Crippen molar-refractivity contribution in [3.63, 3.8) is 0 Å². The van der Waals surface area contributed by atoms with Gasteiger partial charge in [-0.25, -0.2) is 9.97 Å². The molecule has 2 N–H and O–H groups in total. The monoisotopic (exact) mass is 364 g/mol. The smallest absolute Gasteiger partial charge is 0.399 e. The van der Waals surface area contributed by atoms with Crippen molar-refractivity contribution in [2.24, 2.45) is 11.7 Å². The zero-order valence-corrected chi connectivity index (χ0v) is 16.5. The molecule has 2 saturated heterocycles. The van der Waals surface area contributed by atoms with Crippen molar-refractivity contribution in [1.29, 1.82) is 0 Å². The van der Waals surface area contributed by atoms with E-state index in [1.807, 2.05) is 40.1 Å². The van der Waals surface area contributed by atoms with Crippen LogP contribution in [0.3, 0.4) is 0 Å². The quantitative estimate of drug-likeness (QED) is 0.461. The lowest BCUT2D eigenvalue weighted by Gasteiger charge is -2.32. The Labute approximate surface area is 155 Å². The van der Waals surface area contributed by atoms with Gasteiger partial charge in [-0.05, 0) is 46.6 Å². The number of nitrogens with zero attached hydrogens (tertiary/aromatic N) is 3. The van der Waals surface area contributed by atoms with E-state index < -0.39 is 7.12 Å². The molecule has 0 aromatic carbocycles. The van der Waals surface area contributed by atoms with E-state index in [9.17, 15) is 0 Å². The molecule has 3 rings (SSSR count). The second kappa shape index (κ2) is 7.52. The van der Waals surface area contributed by atoms with Crippen molar-refractivity contribution in [2.45, 2.75) is 50.5 Å². The van der Waals surface area contributed by atoms with E-state index in [-0.39, 0.29) is 11.2 Å². The Kier molecular flexibility index (Phi) is 5.75. The molecule has 0 aliphatic carbocycles. The van der Waals surface area contributed by atoms with Gasteiger partial charge in [-0.15, -0.1) is 0 Å². The first-order valence-corrected chi connectivity index (χ1v) is 10.0. The van der Waals surface area contributed by atoms with Crippen LogP contribution in [0.15, 0.2) is 17.6 Å². The Bertz CT molecular complexity index is 569. The zero-order valence-electron chi connectivity index (χ0n) is 15.7. The lowest BCUT2D eigenvalue weighted by Crippen LogP contribution is -2.41. The standard InChI is InChI=1S/C17H29BN4O2S/c1-16(2)17(3,4)24-18(23-16)14-9-20-15(21-10-14)25-12-13-5-7-22(11-13)8-6-19/h9-10,13H,5-8,11-12,19H2,1-4H3/t13-/m1/s1. The van der Waals surface area contributed by atoms with Crippen LogP contribution in [-0.2, 0) is 9.31 Å². The number of aromatic nitrogens is 2. The Balaban J connectivity index is 1.52. The molecule has 1 aromatic heterocycles. The first kappa shape index (κ1) is 19.1. The molecule has 25 heavy (non-hydrogen) atoms. The van der Waals surface area contributed by atoms with Crippen LogP contribution in [-0.4, -0.2) is 65.1 Å². The molecule has 0 radical (unpaired) electrons. The van der Waals surface area contributed by atoms with Crippen molar-refractivity contribution in [3.05, 3.63) is 12.4 Å². The molecule has 8 heteroatoms. The molecule has 0 saturated carbocycles. The summed E-state index contributed by atoms with van der Waals surface area (Å²) in [6, 6.07) is 0. The van der Waals surface area contributed by atoms with Gasteiger partial charge in [0.25, 0.3) is 0 Å². The van der Waals surface area contributed by atoms with Crippen LogP contribution < -0.4 is 11.2 Å². The number of hydrogen-bond donors (Lipinski definition) is 1. The molecule has 6 nitrogen and oxygen atoms in total. The summed E-state index contributed by atoms with van der Waals surface area (Å²) in [4.78, 5) is 11.4. The van der Waals surface area contributed by atoms with E-state index in [0.717, 1.165) is 42.6 Å². The van der Waals surface area contributed by atoms with Crippen molar-refractivity contribution in [2.75, 3.05) is 31.9 Å². The largest absolute Gasteiger partial charge is 0.498 e. The summed E-state index contributed by atoms with van der Waals surface area (Å²) in [5.74, 6) is 1.75. The number of nitrogens with two attached hydrogens (primary N) is 1. The van der Waals surface area contributed by atoms with E-state index in [2.05, 4.69) is 14.9 Å². The first-order chi connectivity index (χ1) is 11.8. The SMILES string of the molecule is CC1(C)OB(c2cnc(SC[C@@H]3CCN(CCN)C3)nc2)OC1(C)C. The van der Waals surface area contributed by atoms with Gasteiger partial charge in [0.2, 0.25) is 0 Å². The van der Waals surface area contributed by atoms with Gasteiger partial charge in [0.1, 0.15) is 0 Å². The number of rotatable bonds is 6. The van der Waals surface area contributed by atoms with Crippen LogP contribution >= 0.6 is 11.8 Å². The van der Waals surface area contributed by atoms with Gasteiger partial charge in [-0.1, -0.05) is 11.8 Å². The van der Waals surface area contributed by atoms with Crippen LogP contribution in [0.1, 0.15) is 34.1 Å². The van der Waals surface area contributed by atoms with E-state index >= 15 is 0 Å². The third-order valence-electron chi connectivity index (χ3n) is 5.44. The van der Waals surface area contributed by atoms with Crippen molar-refractivity contribution in [1.82, 2.24) is 14.9 Å². The number of thioether (sulfide) groups is 1. The van der Waals surface area contributed by atoms with Crippen LogP contribution in [0, 0.1) is 5.92 Å². The Morgan fingerprint density at radius 1 is 1.24 bits per heavy atom. The fourth-order valence-corrected chi connectivity index (χ4v) is 4.04. The third kappa shape index (κ3) is 4.36. The summed E-state index contributed by atoms with van der Waals surface area (Å²) in [6.07, 6.45) is 4.89. The molecular formula is C17H29BN4O2S. The highest BCUT2D eigenvalue weighted by Crippen LogP contribution is 2.36. The second-order valence-corrected chi connectivity index (χ2v) is 8.93. The molecule has 3 heterocycles. The predicted octanol–water partition coefficient (Wildman–Crippen LogP) is 1.15. The first-order valence-electron chi connectivity index (χ1n) is 9.03. The normalized spacial score (nSPS) is 25.6. The maximum Gasteiger partial charge on any atom is 0.498 e. The third-order valence-corrected chi connectivity index (χ3v) is 6.54. The maximum atomic E-state index is 6.04. The molecule has 2 fully saturated rings. The summed E-state index contributed by atoms with van der Waals surface area (Å²) in [7, 11) is -0.399. The van der Waals surface area contributed by atoms with Gasteiger partial charge in [-0.2, -0.15) is 0 Å². The summed E-state index contributed by atoms with van der Waals surface area (Å²) in [6.45, 7) is 12.2. The number of likely N-dealkylation sites (tertiary alicyclic amines) is 1. The summed E-state index contributed by atoms with van der Waals surface area (Å²) in [5, 5.41) is 0.817. The van der Waals surface area contributed by atoms with Gasteiger partial charge in [0.15, 0.2) is 5.16 Å². The summed E-state index contributed by atoms with van der Waals surface area (Å²) >= 11 is 1.73. The van der Waals surface area contributed by atoms with Gasteiger partial charge < -0.3 is 19.9 Å². The van der Waals surface area contributed by atoms with Gasteiger partial charge in [0.05, 0.1) is 11.2 Å². The molecule has 2 aliphatic rings. The highest BCUT2D eigenvalue weighted by molar-refractivity contribution is 7.99. The summed E-state index contributed by atoms with van der Waals surface area (Å²) in [5.41, 5.74) is 5.82. The highest BCUT2D eigenvalue weighted by Gasteiger charge is 2.51. The minimum Gasteiger partial charge on any atom is -0.399 e. The maximum absolute atomic E-state index is 6.04. The average molecular weight is 364 g/mol. The van der Waals surface area contributed by atoms with Crippen molar-refractivity contribution < 1.29 is 9.31 Å². The van der Waals surface area contributed by atoms with Gasteiger partial charge >= 0.3 is 7.12 Å². The predicted molar refractivity (Wildman–Crippen MR) is 102 cm³/mol. The Hall–Kier alpha value is -0.665. The lowest BCUT2D eigenvalue weighted by molar-refractivity contribution is 0.00578. The molecule has 1 aromatic rings. The van der Waals surface area contributed by atoms with Crippen LogP contribution in [0.4, 0.5) is 0 Å². The zero-order chi connectivity index (χ0) is 18.1. The molecule has 2 aliphatic heterocycles. The summed E-state index contributed by atoms with van der Waals surface area (Å²) < 4.78 is 12.1. The van der Waals surface area contributed by atoms with Crippen molar-refractivity contribution in [3.8, 4) is 0 Å². The molecule has 1 atom stereocenters. The van der Waals surface area contributed by atoms with E-state index in [1.54, 1.807) is 11.8 Å². The molecule has 0 amide bonds. The molecule has 138 valence electrons. The average Bonchev–Trinajstić information content (AvgIpc) is 3.08. The van der Waals surface area contributed by atoms with Crippen molar-refractivity contribution >= 4 is 24.3 Å². The van der Waals surface area contributed by atoms with E-state index in [1.165, 1.54) is 6.42 Å². The number of hydrogen-bond acceptors (Lipinski definition) is 7. The minimum atomic E-state index is -0.399. The van der Waals surface area contributed by atoms with Gasteiger partial charge in [-0.3, -0.25) is 0 Å². The fourth-order valence-electron chi connectivity index (χ4n) is 3.13.